The molecule has 3 heterocycles. The number of nitrogens with zero attached hydrogens (tertiary/aromatic N) is 3. The Morgan fingerprint density at radius 3 is 3.04 bits per heavy atom. The zero-order valence-electron chi connectivity index (χ0n) is 14.6. The number of fused-ring (bicyclic) bond motifs is 1. The summed E-state index contributed by atoms with van der Waals surface area (Å²) >= 11 is 0. The molecular formula is C19H21N5O2. The maximum Gasteiger partial charge on any atom is 0.271 e. The highest BCUT2D eigenvalue weighted by Gasteiger charge is 2.28. The molecule has 0 aliphatic carbocycles. The average Bonchev–Trinajstić information content (AvgIpc) is 3.30. The van der Waals surface area contributed by atoms with Gasteiger partial charge < -0.3 is 14.8 Å². The number of H-pyrrole nitrogens is 1. The molecular weight excluding hydrogens is 330 g/mol. The fourth-order valence-corrected chi connectivity index (χ4v) is 3.87. The number of likely N-dealkylation sites (tertiary alicyclic amines) is 1. The van der Waals surface area contributed by atoms with Crippen molar-refractivity contribution in [1.82, 2.24) is 19.7 Å². The summed E-state index contributed by atoms with van der Waals surface area (Å²) in [6, 6.07) is 7.63. The third kappa shape index (κ3) is 2.85. The lowest BCUT2D eigenvalue weighted by Gasteiger charge is -2.32. The standard InChI is InChI=1S/C19H21N5O2/c1-23-11-16(15-9-14(20-12-25)4-5-18(15)23)13-3-2-8-24(10-13)19(26)17-6-7-21-22-17/h4-7,9,11-13H,2-3,8,10H2,1H3,(H,20,25)(H,21,22). The largest absolute Gasteiger partial charge is 0.350 e. The Kier molecular flexibility index (Phi) is 4.20. The van der Waals surface area contributed by atoms with Gasteiger partial charge in [-0.3, -0.25) is 14.7 Å². The van der Waals surface area contributed by atoms with Crippen LogP contribution < -0.4 is 5.32 Å². The first-order valence-electron chi connectivity index (χ1n) is 8.75. The van der Waals surface area contributed by atoms with Gasteiger partial charge in [0.25, 0.3) is 5.91 Å². The molecule has 1 saturated heterocycles. The molecule has 7 nitrogen and oxygen atoms in total. The van der Waals surface area contributed by atoms with Gasteiger partial charge in [-0.1, -0.05) is 0 Å². The fraction of sp³-hybridized carbons (Fsp3) is 0.316. The van der Waals surface area contributed by atoms with Crippen LogP contribution in [0.1, 0.15) is 34.8 Å². The fourth-order valence-electron chi connectivity index (χ4n) is 3.87. The SMILES string of the molecule is Cn1cc(C2CCCN(C(=O)c3ccn[nH]3)C2)c2cc(NC=O)ccc21. The topological polar surface area (TPSA) is 83.0 Å². The first-order chi connectivity index (χ1) is 12.7. The number of nitrogens with one attached hydrogen (secondary N) is 2. The zero-order valence-corrected chi connectivity index (χ0v) is 14.6. The van der Waals surface area contributed by atoms with E-state index in [-0.39, 0.29) is 11.8 Å². The monoisotopic (exact) mass is 351 g/mol. The van der Waals surface area contributed by atoms with Crippen molar-refractivity contribution < 1.29 is 9.59 Å². The summed E-state index contributed by atoms with van der Waals surface area (Å²) in [6.45, 7) is 1.44. The van der Waals surface area contributed by atoms with Crippen LogP contribution in [-0.2, 0) is 11.8 Å². The lowest BCUT2D eigenvalue weighted by Crippen LogP contribution is -2.39. The Morgan fingerprint density at radius 2 is 2.27 bits per heavy atom. The second-order valence-electron chi connectivity index (χ2n) is 6.75. The molecule has 1 aliphatic heterocycles. The molecule has 1 atom stereocenters. The van der Waals surface area contributed by atoms with E-state index in [1.165, 1.54) is 5.56 Å². The van der Waals surface area contributed by atoms with Crippen LogP contribution in [0, 0.1) is 0 Å². The minimum absolute atomic E-state index is 0.00394. The maximum absolute atomic E-state index is 12.6. The first-order valence-corrected chi connectivity index (χ1v) is 8.75. The molecule has 0 spiro atoms. The smallest absolute Gasteiger partial charge is 0.271 e. The number of hydrogen-bond acceptors (Lipinski definition) is 3. The Balaban J connectivity index is 1.65. The van der Waals surface area contributed by atoms with Crippen molar-refractivity contribution in [1.29, 1.82) is 0 Å². The summed E-state index contributed by atoms with van der Waals surface area (Å²) in [4.78, 5) is 25.3. The normalized spacial score (nSPS) is 17.4. The number of aromatic amines is 1. The van der Waals surface area contributed by atoms with Gasteiger partial charge in [0.15, 0.2) is 0 Å². The molecule has 0 bridgehead atoms. The van der Waals surface area contributed by atoms with E-state index in [2.05, 4.69) is 26.3 Å². The summed E-state index contributed by atoms with van der Waals surface area (Å²) in [5.74, 6) is 0.265. The molecule has 134 valence electrons. The van der Waals surface area contributed by atoms with E-state index in [0.29, 0.717) is 18.6 Å². The minimum Gasteiger partial charge on any atom is -0.350 e. The zero-order chi connectivity index (χ0) is 18.1. The van der Waals surface area contributed by atoms with Gasteiger partial charge in [0.1, 0.15) is 5.69 Å². The van der Waals surface area contributed by atoms with E-state index in [9.17, 15) is 9.59 Å². The Bertz CT molecular complexity index is 944. The van der Waals surface area contributed by atoms with E-state index in [4.69, 9.17) is 0 Å². The van der Waals surface area contributed by atoms with Crippen LogP contribution in [0.25, 0.3) is 10.9 Å². The Hall–Kier alpha value is -3.09. The van der Waals surface area contributed by atoms with Crippen molar-refractivity contribution in [2.75, 3.05) is 18.4 Å². The second-order valence-corrected chi connectivity index (χ2v) is 6.75. The number of carbonyl (C=O) groups excluding carboxylic acids is 2. The van der Waals surface area contributed by atoms with E-state index >= 15 is 0 Å². The van der Waals surface area contributed by atoms with Gasteiger partial charge in [-0.2, -0.15) is 5.10 Å². The molecule has 1 unspecified atom stereocenters. The summed E-state index contributed by atoms with van der Waals surface area (Å²) in [5, 5.41) is 10.5. The van der Waals surface area contributed by atoms with Crippen LogP contribution in [0.5, 0.6) is 0 Å². The lowest BCUT2D eigenvalue weighted by molar-refractivity contribution is -0.105. The van der Waals surface area contributed by atoms with E-state index in [0.717, 1.165) is 36.0 Å². The summed E-state index contributed by atoms with van der Waals surface area (Å²) < 4.78 is 2.10. The van der Waals surface area contributed by atoms with Gasteiger partial charge in [-0.05, 0) is 42.7 Å². The number of piperidine rings is 1. The van der Waals surface area contributed by atoms with Crippen molar-refractivity contribution in [2.24, 2.45) is 7.05 Å². The van der Waals surface area contributed by atoms with Gasteiger partial charge in [-0.25, -0.2) is 0 Å². The minimum atomic E-state index is -0.00394. The highest BCUT2D eigenvalue weighted by molar-refractivity contribution is 5.93. The van der Waals surface area contributed by atoms with Crippen LogP contribution in [-0.4, -0.2) is 45.1 Å². The molecule has 1 fully saturated rings. The predicted molar refractivity (Wildman–Crippen MR) is 99.1 cm³/mol. The number of amides is 2. The van der Waals surface area contributed by atoms with Crippen molar-refractivity contribution in [3.8, 4) is 0 Å². The molecule has 3 aromatic rings. The third-order valence-corrected chi connectivity index (χ3v) is 5.13. The molecule has 7 heteroatoms. The number of aromatic nitrogens is 3. The first kappa shape index (κ1) is 16.4. The van der Waals surface area contributed by atoms with E-state index in [1.54, 1.807) is 12.3 Å². The van der Waals surface area contributed by atoms with Gasteiger partial charge in [-0.15, -0.1) is 0 Å². The average molecular weight is 351 g/mol. The number of rotatable bonds is 4. The molecule has 26 heavy (non-hydrogen) atoms. The molecule has 1 aliphatic rings. The third-order valence-electron chi connectivity index (χ3n) is 5.13. The number of benzene rings is 1. The summed E-state index contributed by atoms with van der Waals surface area (Å²) in [5.41, 5.74) is 3.65. The molecule has 2 N–H and O–H groups in total. The quantitative estimate of drug-likeness (QED) is 0.709. The van der Waals surface area contributed by atoms with Crippen molar-refractivity contribution in [2.45, 2.75) is 18.8 Å². The molecule has 4 rings (SSSR count). The Morgan fingerprint density at radius 1 is 1.38 bits per heavy atom. The van der Waals surface area contributed by atoms with Crippen LogP contribution in [0.2, 0.25) is 0 Å². The Labute approximate surface area is 151 Å². The van der Waals surface area contributed by atoms with Crippen LogP contribution in [0.15, 0.2) is 36.7 Å². The predicted octanol–water partition coefficient (Wildman–Crippen LogP) is 2.49. The van der Waals surface area contributed by atoms with Crippen LogP contribution in [0.3, 0.4) is 0 Å². The van der Waals surface area contributed by atoms with Crippen molar-refractivity contribution in [3.63, 3.8) is 0 Å². The highest BCUT2D eigenvalue weighted by Crippen LogP contribution is 2.34. The molecule has 1 aromatic carbocycles. The number of aryl methyl sites for hydroxylation is 1. The van der Waals surface area contributed by atoms with Crippen LogP contribution >= 0.6 is 0 Å². The van der Waals surface area contributed by atoms with Gasteiger partial charge in [0, 0.05) is 55.0 Å². The van der Waals surface area contributed by atoms with E-state index < -0.39 is 0 Å². The van der Waals surface area contributed by atoms with Crippen molar-refractivity contribution >= 4 is 28.9 Å². The number of carbonyl (C=O) groups is 2. The van der Waals surface area contributed by atoms with Gasteiger partial charge >= 0.3 is 0 Å². The molecule has 0 saturated carbocycles. The second kappa shape index (κ2) is 6.67. The van der Waals surface area contributed by atoms with Gasteiger partial charge in [0.2, 0.25) is 6.41 Å². The molecule has 0 radical (unpaired) electrons. The van der Waals surface area contributed by atoms with Gasteiger partial charge in [0.05, 0.1) is 0 Å². The highest BCUT2D eigenvalue weighted by atomic mass is 16.2. The number of hydrogen-bond donors (Lipinski definition) is 2. The summed E-state index contributed by atoms with van der Waals surface area (Å²) in [6.07, 6.45) is 6.44. The van der Waals surface area contributed by atoms with Crippen LogP contribution in [0.4, 0.5) is 5.69 Å². The maximum atomic E-state index is 12.6. The molecule has 2 amide bonds. The van der Waals surface area contributed by atoms with Crippen molar-refractivity contribution in [3.05, 3.63) is 47.9 Å². The van der Waals surface area contributed by atoms with E-state index in [1.807, 2.05) is 30.1 Å². The number of anilines is 1. The lowest BCUT2D eigenvalue weighted by atomic mass is 9.90. The molecule has 2 aromatic heterocycles. The summed E-state index contributed by atoms with van der Waals surface area (Å²) in [7, 11) is 2.02.